The molecule has 1 N–H and O–H groups in total. The number of imidazole rings is 1. The van der Waals surface area contributed by atoms with Gasteiger partial charge in [0, 0.05) is 23.2 Å². The summed E-state index contributed by atoms with van der Waals surface area (Å²) >= 11 is 7.80. The number of hydrogen-bond donors (Lipinski definition) is 1. The van der Waals surface area contributed by atoms with Crippen LogP contribution in [0, 0.1) is 6.92 Å². The van der Waals surface area contributed by atoms with Crippen molar-refractivity contribution in [2.24, 2.45) is 0 Å². The molecule has 0 spiro atoms. The lowest BCUT2D eigenvalue weighted by atomic mass is 10.2. The number of thiophene rings is 1. The number of nitrogens with zero attached hydrogens (tertiary/aromatic N) is 2. The van der Waals surface area contributed by atoms with E-state index in [1.807, 2.05) is 49.4 Å². The molecule has 0 saturated carbocycles. The Morgan fingerprint density at radius 2 is 1.96 bits per heavy atom. The predicted molar refractivity (Wildman–Crippen MR) is 108 cm³/mol. The van der Waals surface area contributed by atoms with Crippen LogP contribution in [0.25, 0.3) is 21.1 Å². The van der Waals surface area contributed by atoms with Crippen LogP contribution >= 0.6 is 22.9 Å². The molecule has 2 heterocycles. The second kappa shape index (κ2) is 7.09. The van der Waals surface area contributed by atoms with Gasteiger partial charge in [0.25, 0.3) is 5.91 Å². The normalized spacial score (nSPS) is 11.3. The number of amides is 1. The highest BCUT2D eigenvalue weighted by Gasteiger charge is 2.16. The quantitative estimate of drug-likeness (QED) is 0.491. The summed E-state index contributed by atoms with van der Waals surface area (Å²) < 4.78 is 3.22. The molecular weight excluding hydrogens is 366 g/mol. The maximum Gasteiger partial charge on any atom is 0.262 e. The Morgan fingerprint density at radius 3 is 2.81 bits per heavy atom. The van der Waals surface area contributed by atoms with Crippen molar-refractivity contribution < 1.29 is 4.79 Å². The zero-order chi connectivity index (χ0) is 18.1. The molecule has 0 aliphatic carbocycles. The Hall–Kier alpha value is -2.37. The Labute approximate surface area is 160 Å². The fourth-order valence-electron chi connectivity index (χ4n) is 3.16. The van der Waals surface area contributed by atoms with Crippen molar-refractivity contribution in [2.75, 3.05) is 6.54 Å². The lowest BCUT2D eigenvalue weighted by molar-refractivity contribution is 0.0957. The van der Waals surface area contributed by atoms with Crippen LogP contribution in [0.3, 0.4) is 0 Å². The number of aromatic nitrogens is 2. The van der Waals surface area contributed by atoms with Gasteiger partial charge in [0.15, 0.2) is 0 Å². The number of carbonyl (C=O) groups is 1. The Morgan fingerprint density at radius 1 is 1.19 bits per heavy atom. The highest BCUT2D eigenvalue weighted by Crippen LogP contribution is 2.34. The van der Waals surface area contributed by atoms with Crippen molar-refractivity contribution in [1.29, 1.82) is 0 Å². The minimum atomic E-state index is -0.108. The van der Waals surface area contributed by atoms with Crippen LogP contribution in [-0.4, -0.2) is 22.0 Å². The molecule has 4 nitrogen and oxygen atoms in total. The molecule has 0 saturated heterocycles. The van der Waals surface area contributed by atoms with E-state index in [9.17, 15) is 4.79 Å². The summed E-state index contributed by atoms with van der Waals surface area (Å²) in [5.41, 5.74) is 2.13. The zero-order valence-electron chi connectivity index (χ0n) is 14.3. The summed E-state index contributed by atoms with van der Waals surface area (Å²) in [7, 11) is 0. The van der Waals surface area contributed by atoms with Crippen LogP contribution < -0.4 is 5.32 Å². The smallest absolute Gasteiger partial charge is 0.262 e. The molecule has 0 bridgehead atoms. The van der Waals surface area contributed by atoms with E-state index in [4.69, 9.17) is 11.6 Å². The standard InChI is InChI=1S/C20H18ClN3OS/c1-13-23-15-8-3-4-9-16(15)24(13)12-6-11-22-20(25)19-18(21)14-7-2-5-10-17(14)26-19/h2-5,7-10H,6,11-12H2,1H3,(H,22,25). The predicted octanol–water partition coefficient (Wildman–Crippen LogP) is 5.03. The number of para-hydroxylation sites is 2. The second-order valence-corrected chi connectivity index (χ2v) is 7.58. The molecule has 4 rings (SSSR count). The van der Waals surface area contributed by atoms with Gasteiger partial charge in [-0.05, 0) is 31.5 Å². The van der Waals surface area contributed by atoms with Crippen molar-refractivity contribution in [2.45, 2.75) is 19.9 Å². The summed E-state index contributed by atoms with van der Waals surface area (Å²) in [6.07, 6.45) is 0.829. The topological polar surface area (TPSA) is 46.9 Å². The summed E-state index contributed by atoms with van der Waals surface area (Å²) in [5.74, 6) is 0.883. The number of benzene rings is 2. The monoisotopic (exact) mass is 383 g/mol. The van der Waals surface area contributed by atoms with Crippen molar-refractivity contribution in [3.05, 3.63) is 64.3 Å². The van der Waals surface area contributed by atoms with Gasteiger partial charge in [-0.3, -0.25) is 4.79 Å². The molecule has 2 aromatic heterocycles. The average molecular weight is 384 g/mol. The largest absolute Gasteiger partial charge is 0.351 e. The summed E-state index contributed by atoms with van der Waals surface area (Å²) in [4.78, 5) is 17.6. The SMILES string of the molecule is Cc1nc2ccccc2n1CCCNC(=O)c1sc2ccccc2c1Cl. The molecule has 0 radical (unpaired) electrons. The average Bonchev–Trinajstić information content (AvgIpc) is 3.16. The van der Waals surface area contributed by atoms with E-state index in [0.29, 0.717) is 16.4 Å². The molecule has 26 heavy (non-hydrogen) atoms. The van der Waals surface area contributed by atoms with Crippen LogP contribution in [0.2, 0.25) is 5.02 Å². The number of halogens is 1. The zero-order valence-corrected chi connectivity index (χ0v) is 15.9. The van der Waals surface area contributed by atoms with Gasteiger partial charge in [0.1, 0.15) is 10.7 Å². The first-order valence-corrected chi connectivity index (χ1v) is 9.71. The third kappa shape index (κ3) is 3.08. The van der Waals surface area contributed by atoms with Crippen molar-refractivity contribution in [3.63, 3.8) is 0 Å². The molecule has 2 aromatic carbocycles. The van der Waals surface area contributed by atoms with Crippen LogP contribution in [0.5, 0.6) is 0 Å². The van der Waals surface area contributed by atoms with E-state index in [1.165, 1.54) is 11.3 Å². The first-order chi connectivity index (χ1) is 12.6. The Bertz CT molecular complexity index is 1100. The first kappa shape index (κ1) is 17.1. The van der Waals surface area contributed by atoms with Gasteiger partial charge in [-0.25, -0.2) is 4.98 Å². The van der Waals surface area contributed by atoms with Crippen LogP contribution in [0.4, 0.5) is 0 Å². The van der Waals surface area contributed by atoms with Gasteiger partial charge in [-0.15, -0.1) is 11.3 Å². The third-order valence-electron chi connectivity index (χ3n) is 4.43. The number of hydrogen-bond acceptors (Lipinski definition) is 3. The molecule has 0 fully saturated rings. The molecule has 0 aliphatic heterocycles. The molecule has 0 unspecified atom stereocenters. The Balaban J connectivity index is 1.40. The number of fused-ring (bicyclic) bond motifs is 2. The molecule has 132 valence electrons. The first-order valence-electron chi connectivity index (χ1n) is 8.52. The summed E-state index contributed by atoms with van der Waals surface area (Å²) in [6.45, 7) is 3.41. The van der Waals surface area contributed by atoms with Gasteiger partial charge < -0.3 is 9.88 Å². The highest BCUT2D eigenvalue weighted by atomic mass is 35.5. The number of nitrogens with one attached hydrogen (secondary N) is 1. The molecule has 0 aliphatic rings. The van der Waals surface area contributed by atoms with Crippen molar-refractivity contribution in [1.82, 2.24) is 14.9 Å². The third-order valence-corrected chi connectivity index (χ3v) is 6.10. The van der Waals surface area contributed by atoms with Gasteiger partial charge in [0.05, 0.1) is 16.1 Å². The van der Waals surface area contributed by atoms with E-state index in [0.717, 1.165) is 39.9 Å². The molecule has 0 atom stereocenters. The Kier molecular flexibility index (Phi) is 4.66. The molecule has 1 amide bonds. The summed E-state index contributed by atoms with van der Waals surface area (Å²) in [5, 5.41) is 4.46. The molecule has 6 heteroatoms. The minimum absolute atomic E-state index is 0.108. The number of carbonyl (C=O) groups excluding carboxylic acids is 1. The fourth-order valence-corrected chi connectivity index (χ4v) is 4.59. The highest BCUT2D eigenvalue weighted by molar-refractivity contribution is 7.21. The van der Waals surface area contributed by atoms with Crippen LogP contribution in [0.15, 0.2) is 48.5 Å². The van der Waals surface area contributed by atoms with Gasteiger partial charge in [-0.2, -0.15) is 0 Å². The maximum absolute atomic E-state index is 12.5. The number of rotatable bonds is 5. The van der Waals surface area contributed by atoms with Gasteiger partial charge in [0.2, 0.25) is 0 Å². The molecule has 4 aromatic rings. The van der Waals surface area contributed by atoms with Crippen molar-refractivity contribution >= 4 is 50.0 Å². The lowest BCUT2D eigenvalue weighted by Gasteiger charge is -2.08. The van der Waals surface area contributed by atoms with E-state index < -0.39 is 0 Å². The number of aryl methyl sites for hydroxylation is 2. The fraction of sp³-hybridized carbons (Fsp3) is 0.200. The van der Waals surface area contributed by atoms with E-state index >= 15 is 0 Å². The van der Waals surface area contributed by atoms with Gasteiger partial charge >= 0.3 is 0 Å². The van der Waals surface area contributed by atoms with E-state index in [1.54, 1.807) is 0 Å². The van der Waals surface area contributed by atoms with Crippen LogP contribution in [0.1, 0.15) is 21.9 Å². The van der Waals surface area contributed by atoms with E-state index in [-0.39, 0.29) is 5.91 Å². The van der Waals surface area contributed by atoms with Gasteiger partial charge in [-0.1, -0.05) is 41.9 Å². The second-order valence-electron chi connectivity index (χ2n) is 6.15. The lowest BCUT2D eigenvalue weighted by Crippen LogP contribution is -2.24. The van der Waals surface area contributed by atoms with E-state index in [2.05, 4.69) is 20.9 Å². The minimum Gasteiger partial charge on any atom is -0.351 e. The summed E-state index contributed by atoms with van der Waals surface area (Å²) in [6, 6.07) is 15.9. The molecular formula is C20H18ClN3OS. The van der Waals surface area contributed by atoms with Crippen LogP contribution in [-0.2, 0) is 6.54 Å². The maximum atomic E-state index is 12.5. The van der Waals surface area contributed by atoms with Crippen molar-refractivity contribution in [3.8, 4) is 0 Å².